The summed E-state index contributed by atoms with van der Waals surface area (Å²) >= 11 is 25.2. The molecule has 0 saturated carbocycles. The maximum absolute atomic E-state index is 13.7. The summed E-state index contributed by atoms with van der Waals surface area (Å²) in [6.07, 6.45) is 0. The second-order valence-electron chi connectivity index (χ2n) is 18.1. The van der Waals surface area contributed by atoms with Gasteiger partial charge in [0.2, 0.25) is 0 Å². The minimum atomic E-state index is -1.70. The lowest BCUT2D eigenvalue weighted by atomic mass is 9.89. The van der Waals surface area contributed by atoms with Crippen LogP contribution in [0.1, 0.15) is 67.1 Å². The summed E-state index contributed by atoms with van der Waals surface area (Å²) in [6.45, 7) is 0. The fourth-order valence-electron chi connectivity index (χ4n) is 8.88. The van der Waals surface area contributed by atoms with Gasteiger partial charge in [-0.3, -0.25) is 20.2 Å². The number of nitrogens with one attached hydrogen (secondary N) is 4. The molecule has 84 heavy (non-hydrogen) atoms. The molecule has 418 valence electrons. The van der Waals surface area contributed by atoms with E-state index in [9.17, 15) is 49.0 Å². The second kappa shape index (κ2) is 26.1. The van der Waals surface area contributed by atoms with Crippen molar-refractivity contribution in [2.45, 2.75) is 24.2 Å². The van der Waals surface area contributed by atoms with Gasteiger partial charge in [0, 0.05) is 43.1 Å². The van der Waals surface area contributed by atoms with Crippen LogP contribution in [0.2, 0.25) is 20.1 Å². The molecule has 0 radical (unpaired) electrons. The number of hydrogen-bond donors (Lipinski definition) is 6. The number of hydrogen-bond acceptors (Lipinski definition) is 18. The van der Waals surface area contributed by atoms with Gasteiger partial charge in [0.25, 0.3) is 11.8 Å². The molecule has 6 amide bonds. The third-order valence-corrected chi connectivity index (χ3v) is 14.3. The molecule has 0 fully saturated rings. The molecule has 6 N–H and O–H groups in total. The van der Waals surface area contributed by atoms with E-state index in [1.54, 1.807) is 54.6 Å². The van der Waals surface area contributed by atoms with E-state index in [1.807, 2.05) is 0 Å². The number of rotatable bonds is 18. The average Bonchev–Trinajstić information content (AvgIpc) is 2.57. The number of benzene rings is 9. The number of aromatic hydroxyl groups is 2. The molecular formula is C58H38Cl4N12O10. The zero-order chi connectivity index (χ0) is 59.6. The molecule has 0 spiro atoms. The first-order valence-corrected chi connectivity index (χ1v) is 26.2. The van der Waals surface area contributed by atoms with Gasteiger partial charge in [-0.2, -0.15) is 29.9 Å². The Morgan fingerprint density at radius 1 is 0.405 bits per heavy atom. The number of carbonyl (C=O) groups excluding carboxylic acids is 4. The van der Waals surface area contributed by atoms with Crippen LogP contribution in [0.15, 0.2) is 211 Å². The number of anilines is 2. The molecule has 9 rings (SSSR count). The Hall–Kier alpha value is -10.3. The minimum Gasteiger partial charge on any atom is -0.505 e. The van der Waals surface area contributed by atoms with Crippen molar-refractivity contribution in [1.82, 2.24) is 10.6 Å². The van der Waals surface area contributed by atoms with Crippen molar-refractivity contribution in [2.24, 2.45) is 41.2 Å². The topological polar surface area (TPSA) is 324 Å². The number of phenols is 2. The Bertz CT molecular complexity index is 4190. The molecule has 22 nitrogen and oxygen atoms in total. The summed E-state index contributed by atoms with van der Waals surface area (Å²) in [5.74, 6) is -3.30. The van der Waals surface area contributed by atoms with Crippen molar-refractivity contribution in [2.75, 3.05) is 10.6 Å². The first-order chi connectivity index (χ1) is 40.6. The van der Waals surface area contributed by atoms with Crippen molar-refractivity contribution >= 4 is 126 Å². The van der Waals surface area contributed by atoms with Crippen LogP contribution in [0, 0.1) is 19.6 Å². The normalized spacial score (nSPS) is 12.7. The van der Waals surface area contributed by atoms with E-state index in [-0.39, 0.29) is 104 Å². The number of urea groups is 2. The molecule has 0 aliphatic rings. The first-order valence-electron chi connectivity index (χ1n) is 24.7. The van der Waals surface area contributed by atoms with E-state index in [0.29, 0.717) is 0 Å². The number of para-hydroxylation sites is 2. The van der Waals surface area contributed by atoms with Crippen LogP contribution in [0.5, 0.6) is 11.5 Å². The fraction of sp³-hybridized carbons (Fsp3) is 0.0690. The molecule has 0 saturated heterocycles. The lowest BCUT2D eigenvalue weighted by Crippen LogP contribution is -2.34. The van der Waals surface area contributed by atoms with E-state index in [1.165, 1.54) is 115 Å². The van der Waals surface area contributed by atoms with Gasteiger partial charge >= 0.3 is 12.1 Å². The Balaban J connectivity index is 1.05. The van der Waals surface area contributed by atoms with Gasteiger partial charge in [-0.05, 0) is 107 Å². The molecule has 0 aliphatic carbocycles. The summed E-state index contributed by atoms with van der Waals surface area (Å²) < 4.78 is 0. The van der Waals surface area contributed by atoms with Crippen LogP contribution in [0.4, 0.5) is 43.7 Å². The predicted octanol–water partition coefficient (Wildman–Crippen LogP) is 17.4. The molecular weight excluding hydrogens is 1170 g/mol. The second-order valence-corrected chi connectivity index (χ2v) is 19.8. The van der Waals surface area contributed by atoms with Crippen LogP contribution in [0.25, 0.3) is 21.5 Å². The largest absolute Gasteiger partial charge is 0.505 e. The molecule has 26 heteroatoms. The van der Waals surface area contributed by atoms with Crippen LogP contribution in [-0.2, 0) is 0 Å². The maximum atomic E-state index is 13.7. The Morgan fingerprint density at radius 2 is 0.833 bits per heavy atom. The van der Waals surface area contributed by atoms with Crippen LogP contribution < -0.4 is 21.3 Å². The van der Waals surface area contributed by atoms with Crippen LogP contribution in [0.3, 0.4) is 0 Å². The summed E-state index contributed by atoms with van der Waals surface area (Å²) in [5.41, 5.74) is 0.00381. The number of nitrogens with zero attached hydrogens (tertiary/aromatic N) is 8. The van der Waals surface area contributed by atoms with Gasteiger partial charge in [-0.1, -0.05) is 146 Å². The van der Waals surface area contributed by atoms with Crippen molar-refractivity contribution in [1.29, 1.82) is 0 Å². The monoisotopic (exact) mass is 1200 g/mol. The summed E-state index contributed by atoms with van der Waals surface area (Å²) in [5, 5.41) is 64.3. The van der Waals surface area contributed by atoms with Crippen molar-refractivity contribution in [3.63, 3.8) is 0 Å². The van der Waals surface area contributed by atoms with E-state index in [4.69, 9.17) is 46.4 Å². The number of azo groups is 2. The van der Waals surface area contributed by atoms with Gasteiger partial charge in [0.1, 0.15) is 35.2 Å². The molecule has 9 aromatic carbocycles. The Labute approximate surface area is 493 Å². The Kier molecular flexibility index (Phi) is 18.2. The standard InChI is InChI=1S/C58H38Cl4N12O10/c59-41-11-3-1-9-37(41)48(72-82)47(71-81)29-17-23-35-31(25-29)27-39(50(74-84)49(73-83)38-10-2-4-12-42(38)60)53(75)51(35)69-67-33-19-21-34(22-20-33)68-70-52-36-24-18-30(55(77)65-57(79)63-45-15-7-5-13-43(45)61)26-32(36)28-40(54(52)76)56(78)66-58(80)64-46-16-8-6-14-44(46)62/h1-28,47-50,75-76H,(H2,63,65,77,79)(H2,64,66,78,80). The first kappa shape index (κ1) is 58.4. The zero-order valence-electron chi connectivity index (χ0n) is 42.7. The molecule has 4 atom stereocenters. The third kappa shape index (κ3) is 12.8. The minimum absolute atomic E-state index is 0.0612. The average molecular weight is 1200 g/mol. The number of fused-ring (bicyclic) bond motifs is 2. The highest BCUT2D eigenvalue weighted by Crippen LogP contribution is 2.49. The number of nitroso groups, excluding NO2 is 4. The highest BCUT2D eigenvalue weighted by molar-refractivity contribution is 6.34. The zero-order valence-corrected chi connectivity index (χ0v) is 45.7. The smallest absolute Gasteiger partial charge is 0.326 e. The van der Waals surface area contributed by atoms with Crippen molar-refractivity contribution < 1.29 is 29.4 Å². The quantitative estimate of drug-likeness (QED) is 0.0348. The van der Waals surface area contributed by atoms with Crippen molar-refractivity contribution in [3.8, 4) is 11.5 Å². The number of imide groups is 2. The Morgan fingerprint density at radius 3 is 1.33 bits per heavy atom. The molecule has 9 aromatic rings. The predicted molar refractivity (Wildman–Crippen MR) is 319 cm³/mol. The maximum Gasteiger partial charge on any atom is 0.326 e. The van der Waals surface area contributed by atoms with Gasteiger partial charge < -0.3 is 20.8 Å². The van der Waals surface area contributed by atoms with Gasteiger partial charge in [0.15, 0.2) is 11.8 Å². The fourth-order valence-corrected chi connectivity index (χ4v) is 9.74. The van der Waals surface area contributed by atoms with Crippen LogP contribution in [-0.4, -0.2) is 34.1 Å². The van der Waals surface area contributed by atoms with Gasteiger partial charge in [0.05, 0.1) is 38.4 Å². The van der Waals surface area contributed by atoms with E-state index in [2.05, 4.69) is 62.4 Å². The summed E-state index contributed by atoms with van der Waals surface area (Å²) in [6, 6.07) is 33.8. The third-order valence-electron chi connectivity index (χ3n) is 13.0. The number of phenolic OH excluding ortho intramolecular Hbond substituents is 2. The van der Waals surface area contributed by atoms with Gasteiger partial charge in [-0.25, -0.2) is 9.59 Å². The molecule has 0 aromatic heterocycles. The highest BCUT2D eigenvalue weighted by Gasteiger charge is 2.34. The number of halogens is 4. The van der Waals surface area contributed by atoms with E-state index < -0.39 is 65.1 Å². The molecule has 0 bridgehead atoms. The lowest BCUT2D eigenvalue weighted by Gasteiger charge is -2.21. The highest BCUT2D eigenvalue weighted by atomic mass is 35.5. The summed E-state index contributed by atoms with van der Waals surface area (Å²) in [4.78, 5) is 103. The van der Waals surface area contributed by atoms with E-state index in [0.717, 1.165) is 0 Å². The van der Waals surface area contributed by atoms with Crippen molar-refractivity contribution in [3.05, 3.63) is 243 Å². The van der Waals surface area contributed by atoms with Crippen LogP contribution >= 0.6 is 46.4 Å². The molecule has 0 heterocycles. The number of amides is 6. The SMILES string of the molecule is O=NC(c1ccc2c(N=Nc3ccc(N=Nc4c(O)c(C(=O)NC(=O)Nc5ccccc5Cl)cc5cc(C(=O)NC(=O)Nc6ccccc6Cl)ccc45)cc3)c(O)c(C(N=O)C(N=O)c3ccccc3Cl)cc2c1)C(N=O)c1ccccc1Cl. The lowest BCUT2D eigenvalue weighted by molar-refractivity contribution is 0.0956. The van der Waals surface area contributed by atoms with E-state index >= 15 is 0 Å². The molecule has 4 unspecified atom stereocenters. The summed E-state index contributed by atoms with van der Waals surface area (Å²) in [7, 11) is 0. The number of carbonyl (C=O) groups is 4. The van der Waals surface area contributed by atoms with Gasteiger partial charge in [-0.15, -0.1) is 10.2 Å². The molecule has 0 aliphatic heterocycles.